The fourth-order valence-corrected chi connectivity index (χ4v) is 2.48. The SMILES string of the molecule is CCC(CCBr)CNC(=O)c1ccc(F)c(C(F)(F)F)c1. The number of nitrogens with one attached hydrogen (secondary N) is 1. The summed E-state index contributed by atoms with van der Waals surface area (Å²) in [5.41, 5.74) is -1.62. The zero-order chi connectivity index (χ0) is 16.0. The first kappa shape index (κ1) is 17.9. The Hall–Kier alpha value is -1.11. The van der Waals surface area contributed by atoms with Crippen molar-refractivity contribution in [1.82, 2.24) is 5.32 Å². The van der Waals surface area contributed by atoms with Gasteiger partial charge < -0.3 is 5.32 Å². The highest BCUT2D eigenvalue weighted by atomic mass is 79.9. The number of halogens is 5. The molecule has 0 spiro atoms. The van der Waals surface area contributed by atoms with Gasteiger partial charge in [0.1, 0.15) is 5.82 Å². The summed E-state index contributed by atoms with van der Waals surface area (Å²) in [5, 5.41) is 3.37. The van der Waals surface area contributed by atoms with E-state index in [-0.39, 0.29) is 11.5 Å². The maximum atomic E-state index is 13.1. The highest BCUT2D eigenvalue weighted by Gasteiger charge is 2.34. The molecule has 0 fully saturated rings. The summed E-state index contributed by atoms with van der Waals surface area (Å²) in [6.45, 7) is 2.35. The van der Waals surface area contributed by atoms with Gasteiger partial charge in [0, 0.05) is 17.4 Å². The monoisotopic (exact) mass is 369 g/mol. The van der Waals surface area contributed by atoms with Gasteiger partial charge in [-0.2, -0.15) is 13.2 Å². The predicted octanol–water partition coefficient (Wildman–Crippen LogP) is 4.39. The molecule has 118 valence electrons. The van der Waals surface area contributed by atoms with Crippen LogP contribution >= 0.6 is 15.9 Å². The van der Waals surface area contributed by atoms with Crippen LogP contribution in [0.1, 0.15) is 35.7 Å². The molecule has 1 aromatic carbocycles. The quantitative estimate of drug-likeness (QED) is 0.584. The number of benzene rings is 1. The average Bonchev–Trinajstić information content (AvgIpc) is 2.42. The number of hydrogen-bond donors (Lipinski definition) is 1. The van der Waals surface area contributed by atoms with Crippen molar-refractivity contribution in [2.45, 2.75) is 25.9 Å². The number of carbonyl (C=O) groups excluding carboxylic acids is 1. The predicted molar refractivity (Wildman–Crippen MR) is 75.9 cm³/mol. The molecule has 1 atom stereocenters. The van der Waals surface area contributed by atoms with Crippen molar-refractivity contribution in [3.8, 4) is 0 Å². The van der Waals surface area contributed by atoms with Gasteiger partial charge in [0.05, 0.1) is 5.56 Å². The third-order valence-corrected chi connectivity index (χ3v) is 3.64. The van der Waals surface area contributed by atoms with Crippen LogP contribution in [0.5, 0.6) is 0 Å². The fraction of sp³-hybridized carbons (Fsp3) is 0.500. The Morgan fingerprint density at radius 2 is 2.05 bits per heavy atom. The van der Waals surface area contributed by atoms with Crippen LogP contribution in [-0.4, -0.2) is 17.8 Å². The summed E-state index contributed by atoms with van der Waals surface area (Å²) in [7, 11) is 0. The second-order valence-corrected chi connectivity index (χ2v) is 5.45. The van der Waals surface area contributed by atoms with Crippen molar-refractivity contribution in [3.05, 3.63) is 35.1 Å². The van der Waals surface area contributed by atoms with E-state index in [4.69, 9.17) is 0 Å². The first-order valence-electron chi connectivity index (χ1n) is 6.50. The molecule has 1 rings (SSSR count). The van der Waals surface area contributed by atoms with E-state index in [1.165, 1.54) is 0 Å². The molecular weight excluding hydrogens is 354 g/mol. The van der Waals surface area contributed by atoms with Gasteiger partial charge in [-0.1, -0.05) is 29.3 Å². The number of carbonyl (C=O) groups is 1. The molecule has 0 aliphatic carbocycles. The van der Waals surface area contributed by atoms with E-state index in [9.17, 15) is 22.4 Å². The van der Waals surface area contributed by atoms with Gasteiger partial charge in [-0.15, -0.1) is 0 Å². The Morgan fingerprint density at radius 3 is 2.57 bits per heavy atom. The van der Waals surface area contributed by atoms with Crippen molar-refractivity contribution < 1.29 is 22.4 Å². The third-order valence-electron chi connectivity index (χ3n) is 3.18. The van der Waals surface area contributed by atoms with Crippen molar-refractivity contribution in [1.29, 1.82) is 0 Å². The molecule has 1 aromatic rings. The standard InChI is InChI=1S/C14H16BrF4NO/c1-2-9(5-6-15)8-20-13(21)10-3-4-12(16)11(7-10)14(17,18)19/h3-4,7,9H,2,5-6,8H2,1H3,(H,20,21). The van der Waals surface area contributed by atoms with Gasteiger partial charge in [0.15, 0.2) is 0 Å². The van der Waals surface area contributed by atoms with Crippen LogP contribution in [0.15, 0.2) is 18.2 Å². The highest BCUT2D eigenvalue weighted by Crippen LogP contribution is 2.31. The molecule has 1 N–H and O–H groups in total. The Balaban J connectivity index is 2.79. The highest BCUT2D eigenvalue weighted by molar-refractivity contribution is 9.09. The lowest BCUT2D eigenvalue weighted by Gasteiger charge is -2.15. The Bertz CT molecular complexity index is 490. The first-order chi connectivity index (χ1) is 9.79. The topological polar surface area (TPSA) is 29.1 Å². The summed E-state index contributed by atoms with van der Waals surface area (Å²) in [6, 6.07) is 2.25. The van der Waals surface area contributed by atoms with Crippen molar-refractivity contribution in [2.75, 3.05) is 11.9 Å². The largest absolute Gasteiger partial charge is 0.419 e. The molecule has 0 saturated carbocycles. The number of alkyl halides is 4. The van der Waals surface area contributed by atoms with Crippen LogP contribution in [-0.2, 0) is 6.18 Å². The molecule has 0 aliphatic heterocycles. The second kappa shape index (κ2) is 7.77. The van der Waals surface area contributed by atoms with Gasteiger partial charge in [-0.3, -0.25) is 4.79 Å². The zero-order valence-electron chi connectivity index (χ0n) is 11.4. The van der Waals surface area contributed by atoms with Crippen molar-refractivity contribution in [3.63, 3.8) is 0 Å². The smallest absolute Gasteiger partial charge is 0.352 e. The van der Waals surface area contributed by atoms with Crippen LogP contribution in [0.3, 0.4) is 0 Å². The molecule has 0 bridgehead atoms. The van der Waals surface area contributed by atoms with E-state index in [0.29, 0.717) is 18.7 Å². The van der Waals surface area contributed by atoms with Crippen LogP contribution in [0.25, 0.3) is 0 Å². The van der Waals surface area contributed by atoms with E-state index in [0.717, 1.165) is 24.2 Å². The van der Waals surface area contributed by atoms with Crippen LogP contribution in [0, 0.1) is 11.7 Å². The van der Waals surface area contributed by atoms with E-state index in [2.05, 4.69) is 21.2 Å². The number of rotatable bonds is 6. The molecule has 2 nitrogen and oxygen atoms in total. The Labute approximate surface area is 129 Å². The lowest BCUT2D eigenvalue weighted by Crippen LogP contribution is -2.29. The lowest BCUT2D eigenvalue weighted by atomic mass is 10.0. The molecule has 0 aliphatic rings. The summed E-state index contributed by atoms with van der Waals surface area (Å²) >= 11 is 3.30. The number of hydrogen-bond acceptors (Lipinski definition) is 1. The van der Waals surface area contributed by atoms with Crippen molar-refractivity contribution in [2.24, 2.45) is 5.92 Å². The van der Waals surface area contributed by atoms with Gasteiger partial charge in [-0.05, 0) is 30.5 Å². The van der Waals surface area contributed by atoms with Crippen LogP contribution < -0.4 is 5.32 Å². The van der Waals surface area contributed by atoms with E-state index >= 15 is 0 Å². The average molecular weight is 370 g/mol. The van der Waals surface area contributed by atoms with Crippen LogP contribution in [0.2, 0.25) is 0 Å². The summed E-state index contributed by atoms with van der Waals surface area (Å²) in [4.78, 5) is 11.8. The third kappa shape index (κ3) is 5.30. The molecule has 21 heavy (non-hydrogen) atoms. The Morgan fingerprint density at radius 1 is 1.38 bits per heavy atom. The molecule has 1 amide bonds. The molecule has 7 heteroatoms. The molecule has 0 radical (unpaired) electrons. The summed E-state index contributed by atoms with van der Waals surface area (Å²) < 4.78 is 50.9. The minimum atomic E-state index is -4.82. The zero-order valence-corrected chi connectivity index (χ0v) is 13.0. The summed E-state index contributed by atoms with van der Waals surface area (Å²) in [6.07, 6.45) is -3.11. The molecule has 0 saturated heterocycles. The van der Waals surface area contributed by atoms with Crippen molar-refractivity contribution >= 4 is 21.8 Å². The minimum Gasteiger partial charge on any atom is -0.352 e. The molecular formula is C14H16BrF4NO. The lowest BCUT2D eigenvalue weighted by molar-refractivity contribution is -0.140. The first-order valence-corrected chi connectivity index (χ1v) is 7.62. The van der Waals surface area contributed by atoms with E-state index in [1.807, 2.05) is 6.92 Å². The normalized spacial score (nSPS) is 13.0. The molecule has 1 unspecified atom stereocenters. The van der Waals surface area contributed by atoms with Crippen LogP contribution in [0.4, 0.5) is 17.6 Å². The molecule has 0 aromatic heterocycles. The van der Waals surface area contributed by atoms with Gasteiger partial charge >= 0.3 is 6.18 Å². The van der Waals surface area contributed by atoms with Gasteiger partial charge in [0.25, 0.3) is 5.91 Å². The second-order valence-electron chi connectivity index (χ2n) is 4.65. The van der Waals surface area contributed by atoms with Gasteiger partial charge in [0.2, 0.25) is 0 Å². The maximum Gasteiger partial charge on any atom is 0.419 e. The Kier molecular flexibility index (Phi) is 6.64. The van der Waals surface area contributed by atoms with E-state index < -0.39 is 23.5 Å². The van der Waals surface area contributed by atoms with Gasteiger partial charge in [-0.25, -0.2) is 4.39 Å². The molecule has 0 heterocycles. The fourth-order valence-electron chi connectivity index (χ4n) is 1.83. The van der Waals surface area contributed by atoms with E-state index in [1.54, 1.807) is 0 Å². The number of amides is 1. The minimum absolute atomic E-state index is 0.197. The maximum absolute atomic E-state index is 13.1. The summed E-state index contributed by atoms with van der Waals surface area (Å²) in [5.74, 6) is -1.77.